The van der Waals surface area contributed by atoms with E-state index in [0.29, 0.717) is 0 Å². The first-order chi connectivity index (χ1) is 33.7. The van der Waals surface area contributed by atoms with E-state index in [0.717, 1.165) is 25.7 Å². The summed E-state index contributed by atoms with van der Waals surface area (Å²) in [6, 6.07) is 58.6. The van der Waals surface area contributed by atoms with Crippen molar-refractivity contribution in [1.82, 2.24) is 0 Å². The van der Waals surface area contributed by atoms with Gasteiger partial charge in [0.2, 0.25) is 0 Å². The molecule has 2 aliphatic carbocycles. The van der Waals surface area contributed by atoms with Crippen LogP contribution in [-0.4, -0.2) is 20.3 Å². The highest BCUT2D eigenvalue weighted by Gasteiger charge is 2.65. The van der Waals surface area contributed by atoms with Gasteiger partial charge in [0.05, 0.1) is 19.2 Å². The number of benzene rings is 7. The Bertz CT molecular complexity index is 3360. The number of hydrogen-bond acceptors (Lipinski definition) is 3. The van der Waals surface area contributed by atoms with Crippen molar-refractivity contribution in [3.8, 4) is 0 Å². The number of para-hydroxylation sites is 1. The highest BCUT2D eigenvalue weighted by molar-refractivity contribution is 7.01. The molecule has 71 heavy (non-hydrogen) atoms. The van der Waals surface area contributed by atoms with Crippen LogP contribution in [0.15, 0.2) is 146 Å². The van der Waals surface area contributed by atoms with Gasteiger partial charge in [-0.05, 0) is 142 Å². The quantitative estimate of drug-likeness (QED) is 0.163. The van der Waals surface area contributed by atoms with Crippen molar-refractivity contribution >= 4 is 76.2 Å². The molecule has 1 saturated carbocycles. The Labute approximate surface area is 426 Å². The maximum absolute atomic E-state index is 2.98. The molecule has 0 radical (unpaired) electrons. The first-order valence-corrected chi connectivity index (χ1v) is 30.5. The number of rotatable bonds is 4. The summed E-state index contributed by atoms with van der Waals surface area (Å²) in [5.41, 5.74) is 23.1. The van der Waals surface area contributed by atoms with Crippen molar-refractivity contribution in [3.05, 3.63) is 185 Å². The third-order valence-corrected chi connectivity index (χ3v) is 21.4. The van der Waals surface area contributed by atoms with E-state index in [1.165, 1.54) is 102 Å². The van der Waals surface area contributed by atoms with Crippen LogP contribution in [0.2, 0.25) is 19.6 Å². The molecule has 358 valence electrons. The highest BCUT2D eigenvalue weighted by Crippen LogP contribution is 2.67. The van der Waals surface area contributed by atoms with E-state index >= 15 is 0 Å². The molecule has 7 aromatic carbocycles. The van der Waals surface area contributed by atoms with Crippen LogP contribution in [0.3, 0.4) is 0 Å². The molecule has 13 rings (SSSR count). The van der Waals surface area contributed by atoms with Gasteiger partial charge in [-0.2, -0.15) is 0 Å². The number of aryl methyl sites for hydroxylation is 1. The molecule has 3 nitrogen and oxygen atoms in total. The fraction of sp³-hybridized carbons (Fsp3) is 0.364. The van der Waals surface area contributed by atoms with Gasteiger partial charge in [-0.3, -0.25) is 0 Å². The lowest BCUT2D eigenvalue weighted by Gasteiger charge is -2.55. The standard InChI is InChI=1S/C66H72BN3Si/c1-61(2,3)44-28-31-47(32-29-44)68-56-33-30-46(62(4,5)6)38-53(56)67-54-42-49(71(10,11)12)41-52-60(54)70(64(8)35-20-21-36-66(52,64)45-23-14-13-15-24-45)58-40-48(39-57(68)59(58)67)69-55-27-19-18-26-51(55)63(7)37-34-43-22-16-17-25-50(43)65(63,69)9/h13-19,22-33,38-42H,20-21,34-37H2,1-12H3. The Morgan fingerprint density at radius 1 is 0.521 bits per heavy atom. The third-order valence-electron chi connectivity index (χ3n) is 19.4. The van der Waals surface area contributed by atoms with Gasteiger partial charge in [0.1, 0.15) is 0 Å². The molecule has 6 aliphatic rings. The summed E-state index contributed by atoms with van der Waals surface area (Å²) in [7, 11) is -1.84. The molecule has 0 aromatic heterocycles. The molecule has 0 N–H and O–H groups in total. The topological polar surface area (TPSA) is 9.72 Å². The van der Waals surface area contributed by atoms with Gasteiger partial charge >= 0.3 is 0 Å². The van der Waals surface area contributed by atoms with Crippen LogP contribution < -0.4 is 36.3 Å². The molecule has 0 saturated heterocycles. The second-order valence-electron chi connectivity index (χ2n) is 26.2. The van der Waals surface area contributed by atoms with Gasteiger partial charge in [-0.1, -0.05) is 195 Å². The van der Waals surface area contributed by atoms with Crippen molar-refractivity contribution < 1.29 is 0 Å². The molecule has 5 heteroatoms. The normalized spacial score (nSPS) is 24.7. The predicted octanol–water partition coefficient (Wildman–Crippen LogP) is 14.5. The number of nitrogens with zero attached hydrogens (tertiary/aromatic N) is 3. The second kappa shape index (κ2) is 14.7. The fourth-order valence-corrected chi connectivity index (χ4v) is 16.6. The maximum Gasteiger partial charge on any atom is 0.252 e. The van der Waals surface area contributed by atoms with E-state index in [1.807, 2.05) is 0 Å². The Morgan fingerprint density at radius 3 is 1.89 bits per heavy atom. The average Bonchev–Trinajstić information content (AvgIpc) is 3.72. The maximum atomic E-state index is 2.98. The lowest BCUT2D eigenvalue weighted by atomic mass is 9.33. The fourth-order valence-electron chi connectivity index (χ4n) is 15.5. The monoisotopic (exact) mass is 946 g/mol. The van der Waals surface area contributed by atoms with Crippen molar-refractivity contribution in [2.45, 2.75) is 153 Å². The summed E-state index contributed by atoms with van der Waals surface area (Å²) >= 11 is 0. The average molecular weight is 946 g/mol. The van der Waals surface area contributed by atoms with Crippen LogP contribution in [0.1, 0.15) is 133 Å². The summed E-state index contributed by atoms with van der Waals surface area (Å²) in [6.07, 6.45) is 6.89. The van der Waals surface area contributed by atoms with E-state index in [-0.39, 0.29) is 39.5 Å². The molecule has 0 spiro atoms. The highest BCUT2D eigenvalue weighted by atomic mass is 28.3. The van der Waals surface area contributed by atoms with Crippen LogP contribution in [-0.2, 0) is 33.6 Å². The first-order valence-electron chi connectivity index (χ1n) is 27.0. The molecule has 0 amide bonds. The number of anilines is 7. The summed E-state index contributed by atoms with van der Waals surface area (Å²) < 4.78 is 0. The molecule has 4 unspecified atom stereocenters. The smallest absolute Gasteiger partial charge is 0.252 e. The molecular formula is C66H72BN3Si. The van der Waals surface area contributed by atoms with Crippen molar-refractivity contribution in [2.24, 2.45) is 0 Å². The van der Waals surface area contributed by atoms with Gasteiger partial charge in [0, 0.05) is 50.6 Å². The zero-order valence-corrected chi connectivity index (χ0v) is 45.5. The minimum Gasteiger partial charge on any atom is -0.335 e. The summed E-state index contributed by atoms with van der Waals surface area (Å²) in [6.45, 7) is 29.7. The zero-order chi connectivity index (χ0) is 49.4. The molecule has 4 heterocycles. The van der Waals surface area contributed by atoms with Gasteiger partial charge in [-0.25, -0.2) is 0 Å². The van der Waals surface area contributed by atoms with Crippen LogP contribution in [0.5, 0.6) is 0 Å². The second-order valence-corrected chi connectivity index (χ2v) is 31.3. The Hall–Kier alpha value is -5.78. The summed E-state index contributed by atoms with van der Waals surface area (Å²) in [5, 5.41) is 1.57. The SMILES string of the molecule is CC(C)(C)c1ccc(N2c3ccc(C(C)(C)C)cc3B3c4cc([Si](C)(C)C)cc5c4N(c4cc(N6c7ccccc7C7(C)CCc8ccccc8C67C)cc2c43)C2(C)CCCCC52c2ccccc2)cc1. The van der Waals surface area contributed by atoms with Crippen LogP contribution >= 0.6 is 0 Å². The number of fused-ring (bicyclic) bond motifs is 12. The number of hydrogen-bond donors (Lipinski definition) is 0. The van der Waals surface area contributed by atoms with E-state index in [1.54, 1.807) is 10.8 Å². The van der Waals surface area contributed by atoms with Crippen LogP contribution in [0.25, 0.3) is 0 Å². The largest absolute Gasteiger partial charge is 0.335 e. The molecule has 7 aromatic rings. The van der Waals surface area contributed by atoms with Crippen LogP contribution in [0, 0.1) is 0 Å². The molecule has 4 aliphatic heterocycles. The predicted molar refractivity (Wildman–Crippen MR) is 307 cm³/mol. The van der Waals surface area contributed by atoms with Crippen LogP contribution in [0.4, 0.5) is 39.8 Å². The van der Waals surface area contributed by atoms with Crippen molar-refractivity contribution in [2.75, 3.05) is 14.7 Å². The van der Waals surface area contributed by atoms with Gasteiger partial charge in [-0.15, -0.1) is 0 Å². The van der Waals surface area contributed by atoms with Gasteiger partial charge in [0.25, 0.3) is 6.71 Å². The Kier molecular flexibility index (Phi) is 9.33. The molecule has 4 atom stereocenters. The minimum absolute atomic E-state index is 0.0225. The molecular weight excluding hydrogens is 874 g/mol. The zero-order valence-electron chi connectivity index (χ0n) is 44.5. The summed E-state index contributed by atoms with van der Waals surface area (Å²) in [4.78, 5) is 8.48. The molecule has 0 bridgehead atoms. The lowest BCUT2D eigenvalue weighted by molar-refractivity contribution is 0.215. The van der Waals surface area contributed by atoms with Gasteiger partial charge < -0.3 is 14.7 Å². The van der Waals surface area contributed by atoms with E-state index in [2.05, 4.69) is 242 Å². The Balaban J connectivity index is 1.20. The third kappa shape index (κ3) is 5.85. The van der Waals surface area contributed by atoms with Crippen molar-refractivity contribution in [3.63, 3.8) is 0 Å². The summed E-state index contributed by atoms with van der Waals surface area (Å²) in [5.74, 6) is 0. The molecule has 1 fully saturated rings. The van der Waals surface area contributed by atoms with E-state index < -0.39 is 8.07 Å². The van der Waals surface area contributed by atoms with E-state index in [9.17, 15) is 0 Å². The Morgan fingerprint density at radius 2 is 1.17 bits per heavy atom. The first kappa shape index (κ1) is 45.1. The lowest BCUT2D eigenvalue weighted by Crippen LogP contribution is -2.65. The van der Waals surface area contributed by atoms with E-state index in [4.69, 9.17) is 0 Å². The minimum atomic E-state index is -1.84. The van der Waals surface area contributed by atoms with Gasteiger partial charge in [0.15, 0.2) is 0 Å². The van der Waals surface area contributed by atoms with Crippen molar-refractivity contribution in [1.29, 1.82) is 0 Å².